The zero-order chi connectivity index (χ0) is 16.1. The van der Waals surface area contributed by atoms with E-state index in [9.17, 15) is 9.90 Å². The van der Waals surface area contributed by atoms with Gasteiger partial charge in [-0.1, -0.05) is 36.4 Å². The van der Waals surface area contributed by atoms with Gasteiger partial charge in [-0.3, -0.25) is 4.79 Å². The van der Waals surface area contributed by atoms with Gasteiger partial charge in [-0.25, -0.2) is 0 Å². The van der Waals surface area contributed by atoms with E-state index in [4.69, 9.17) is 9.47 Å². The van der Waals surface area contributed by atoms with Gasteiger partial charge in [0.25, 0.3) is 0 Å². The Kier molecular flexibility index (Phi) is 5.43. The number of hydrogen-bond acceptors (Lipinski definition) is 4. The molecule has 0 atom stereocenters. The highest BCUT2D eigenvalue weighted by Gasteiger charge is 2.21. The van der Waals surface area contributed by atoms with Gasteiger partial charge in [-0.05, 0) is 34.2 Å². The molecular formula is C17H15IO4. The minimum Gasteiger partial charge on any atom is -0.506 e. The SMILES string of the molecule is COc1cc(OC)c(C(=O)/C=C/c2ccccc2)c(O)c1I. The Balaban J connectivity index is 2.41. The van der Waals surface area contributed by atoms with Gasteiger partial charge in [-0.15, -0.1) is 0 Å². The maximum Gasteiger partial charge on any atom is 0.193 e. The quantitative estimate of drug-likeness (QED) is 0.462. The van der Waals surface area contributed by atoms with Crippen LogP contribution in [0.2, 0.25) is 0 Å². The summed E-state index contributed by atoms with van der Waals surface area (Å²) in [5.41, 5.74) is 1.03. The number of carbonyl (C=O) groups excluding carboxylic acids is 1. The van der Waals surface area contributed by atoms with E-state index < -0.39 is 0 Å². The molecule has 4 nitrogen and oxygen atoms in total. The Morgan fingerprint density at radius 3 is 2.36 bits per heavy atom. The highest BCUT2D eigenvalue weighted by Crippen LogP contribution is 2.39. The van der Waals surface area contributed by atoms with Crippen molar-refractivity contribution in [2.75, 3.05) is 14.2 Å². The maximum absolute atomic E-state index is 12.4. The van der Waals surface area contributed by atoms with Crippen LogP contribution < -0.4 is 9.47 Å². The molecule has 114 valence electrons. The molecule has 2 aromatic rings. The van der Waals surface area contributed by atoms with Crippen molar-refractivity contribution >= 4 is 34.5 Å². The van der Waals surface area contributed by atoms with Crippen molar-refractivity contribution in [1.29, 1.82) is 0 Å². The molecule has 0 saturated carbocycles. The van der Waals surface area contributed by atoms with Gasteiger partial charge in [0.2, 0.25) is 0 Å². The molecule has 0 unspecified atom stereocenters. The van der Waals surface area contributed by atoms with Crippen molar-refractivity contribution < 1.29 is 19.4 Å². The smallest absolute Gasteiger partial charge is 0.193 e. The number of aromatic hydroxyl groups is 1. The second kappa shape index (κ2) is 7.31. The first-order valence-corrected chi connectivity index (χ1v) is 7.57. The lowest BCUT2D eigenvalue weighted by Gasteiger charge is -2.13. The molecule has 0 radical (unpaired) electrons. The summed E-state index contributed by atoms with van der Waals surface area (Å²) in [6.45, 7) is 0. The molecule has 2 aromatic carbocycles. The van der Waals surface area contributed by atoms with Crippen LogP contribution >= 0.6 is 22.6 Å². The molecule has 0 saturated heterocycles. The summed E-state index contributed by atoms with van der Waals surface area (Å²) in [6, 6.07) is 11.0. The predicted molar refractivity (Wildman–Crippen MR) is 93.7 cm³/mol. The minimum atomic E-state index is -0.334. The predicted octanol–water partition coefficient (Wildman–Crippen LogP) is 3.91. The zero-order valence-corrected chi connectivity index (χ0v) is 14.3. The molecule has 0 aromatic heterocycles. The summed E-state index contributed by atoms with van der Waals surface area (Å²) < 4.78 is 10.8. The number of carbonyl (C=O) groups is 1. The topological polar surface area (TPSA) is 55.8 Å². The van der Waals surface area contributed by atoms with Crippen molar-refractivity contribution in [3.05, 3.63) is 57.2 Å². The molecule has 0 spiro atoms. The lowest BCUT2D eigenvalue weighted by molar-refractivity contribution is 0.104. The summed E-state index contributed by atoms with van der Waals surface area (Å²) in [7, 11) is 2.94. The number of benzene rings is 2. The molecule has 0 amide bonds. The fraction of sp³-hybridized carbons (Fsp3) is 0.118. The number of phenolic OH excluding ortho intramolecular Hbond substituents is 1. The number of rotatable bonds is 5. The van der Waals surface area contributed by atoms with E-state index in [2.05, 4.69) is 0 Å². The van der Waals surface area contributed by atoms with Gasteiger partial charge in [0.1, 0.15) is 22.8 Å². The van der Waals surface area contributed by atoms with Gasteiger partial charge in [0.15, 0.2) is 5.78 Å². The molecule has 22 heavy (non-hydrogen) atoms. The Morgan fingerprint density at radius 2 is 1.77 bits per heavy atom. The van der Waals surface area contributed by atoms with Crippen molar-refractivity contribution in [3.8, 4) is 17.2 Å². The van der Waals surface area contributed by atoms with Crippen molar-refractivity contribution in [2.45, 2.75) is 0 Å². The van der Waals surface area contributed by atoms with Gasteiger partial charge < -0.3 is 14.6 Å². The molecule has 5 heteroatoms. The van der Waals surface area contributed by atoms with Gasteiger partial charge in [-0.2, -0.15) is 0 Å². The highest BCUT2D eigenvalue weighted by molar-refractivity contribution is 14.1. The van der Waals surface area contributed by atoms with E-state index in [1.54, 1.807) is 12.1 Å². The number of hydrogen-bond donors (Lipinski definition) is 1. The van der Waals surface area contributed by atoms with Crippen LogP contribution in [0.5, 0.6) is 17.2 Å². The van der Waals surface area contributed by atoms with Crippen LogP contribution in [0.15, 0.2) is 42.5 Å². The van der Waals surface area contributed by atoms with Crippen LogP contribution in [0, 0.1) is 3.57 Å². The largest absolute Gasteiger partial charge is 0.506 e. The molecular weight excluding hydrogens is 395 g/mol. The number of phenols is 1. The average Bonchev–Trinajstić information content (AvgIpc) is 2.55. The van der Waals surface area contributed by atoms with Crippen LogP contribution in [-0.4, -0.2) is 25.1 Å². The average molecular weight is 410 g/mol. The molecule has 0 heterocycles. The summed E-state index contributed by atoms with van der Waals surface area (Å²) in [4.78, 5) is 12.4. The van der Waals surface area contributed by atoms with E-state index in [-0.39, 0.29) is 22.8 Å². The van der Waals surface area contributed by atoms with Crippen LogP contribution in [0.1, 0.15) is 15.9 Å². The van der Waals surface area contributed by atoms with Crippen LogP contribution in [0.25, 0.3) is 6.08 Å². The molecule has 1 N–H and O–H groups in total. The van der Waals surface area contributed by atoms with E-state index in [1.165, 1.54) is 20.3 Å². The minimum absolute atomic E-state index is 0.125. The first-order chi connectivity index (χ1) is 10.6. The molecule has 0 aliphatic rings. The number of ether oxygens (including phenoxy) is 2. The fourth-order valence-corrected chi connectivity index (χ4v) is 2.61. The van der Waals surface area contributed by atoms with Crippen molar-refractivity contribution in [2.24, 2.45) is 0 Å². The second-order valence-corrected chi connectivity index (χ2v) is 5.51. The van der Waals surface area contributed by atoms with Crippen LogP contribution in [0.3, 0.4) is 0 Å². The zero-order valence-electron chi connectivity index (χ0n) is 12.2. The first kappa shape index (κ1) is 16.4. The molecule has 0 aliphatic heterocycles. The first-order valence-electron chi connectivity index (χ1n) is 6.49. The number of allylic oxidation sites excluding steroid dienone is 1. The van der Waals surface area contributed by atoms with Gasteiger partial charge in [0.05, 0.1) is 17.8 Å². The lowest BCUT2D eigenvalue weighted by Crippen LogP contribution is -2.02. The van der Waals surface area contributed by atoms with Crippen molar-refractivity contribution in [3.63, 3.8) is 0 Å². The lowest BCUT2D eigenvalue weighted by atomic mass is 10.1. The van der Waals surface area contributed by atoms with Crippen LogP contribution in [0.4, 0.5) is 0 Å². The van der Waals surface area contributed by atoms with E-state index in [0.29, 0.717) is 9.32 Å². The fourth-order valence-electron chi connectivity index (χ4n) is 1.96. The normalized spacial score (nSPS) is 10.7. The Hall–Kier alpha value is -2.02. The second-order valence-electron chi connectivity index (χ2n) is 4.43. The Bertz CT molecular complexity index is 708. The third kappa shape index (κ3) is 3.41. The van der Waals surface area contributed by atoms with Crippen LogP contribution in [-0.2, 0) is 0 Å². The van der Waals surface area contributed by atoms with Gasteiger partial charge >= 0.3 is 0 Å². The summed E-state index contributed by atoms with van der Waals surface area (Å²) in [5, 5.41) is 10.3. The molecule has 2 rings (SSSR count). The summed E-state index contributed by atoms with van der Waals surface area (Å²) >= 11 is 1.93. The summed E-state index contributed by atoms with van der Waals surface area (Å²) in [6.07, 6.45) is 3.10. The highest BCUT2D eigenvalue weighted by atomic mass is 127. The Labute approximate surface area is 142 Å². The standard InChI is InChI=1S/C17H15IO4/c1-21-13-10-14(22-2)16(18)17(20)15(13)12(19)9-8-11-6-4-3-5-7-11/h3-10,20H,1-2H3/b9-8+. The Morgan fingerprint density at radius 1 is 1.14 bits per heavy atom. The number of halogens is 1. The third-order valence-corrected chi connectivity index (χ3v) is 4.13. The monoisotopic (exact) mass is 410 g/mol. The molecule has 0 fully saturated rings. The van der Waals surface area contributed by atoms with E-state index >= 15 is 0 Å². The van der Waals surface area contributed by atoms with E-state index in [1.807, 2.05) is 52.9 Å². The van der Waals surface area contributed by atoms with E-state index in [0.717, 1.165) is 5.56 Å². The molecule has 0 bridgehead atoms. The number of ketones is 1. The third-order valence-electron chi connectivity index (χ3n) is 3.08. The van der Waals surface area contributed by atoms with Crippen molar-refractivity contribution in [1.82, 2.24) is 0 Å². The maximum atomic E-state index is 12.4. The van der Waals surface area contributed by atoms with Gasteiger partial charge in [0, 0.05) is 6.07 Å². The summed E-state index contributed by atoms with van der Waals surface area (Å²) in [5.74, 6) is 0.259. The molecule has 0 aliphatic carbocycles. The number of methoxy groups -OCH3 is 2.